The summed E-state index contributed by atoms with van der Waals surface area (Å²) in [5.74, 6) is 0.839. The van der Waals surface area contributed by atoms with E-state index in [1.807, 2.05) is 12.1 Å². The van der Waals surface area contributed by atoms with Gasteiger partial charge in [0.25, 0.3) is 5.91 Å². The highest BCUT2D eigenvalue weighted by Crippen LogP contribution is 2.29. The molecule has 30 heavy (non-hydrogen) atoms. The molecule has 1 aliphatic rings. The van der Waals surface area contributed by atoms with Crippen molar-refractivity contribution in [3.8, 4) is 0 Å². The molecule has 0 atom stereocenters. The molecule has 1 N–H and O–H groups in total. The fourth-order valence-electron chi connectivity index (χ4n) is 3.17. The van der Waals surface area contributed by atoms with Crippen LogP contribution in [0.25, 0.3) is 0 Å². The Hall–Kier alpha value is -2.44. The molecule has 0 aromatic heterocycles. The van der Waals surface area contributed by atoms with Crippen LogP contribution in [-0.4, -0.2) is 37.3 Å². The van der Waals surface area contributed by atoms with Gasteiger partial charge >= 0.3 is 0 Å². The van der Waals surface area contributed by atoms with Crippen LogP contribution in [0.15, 0.2) is 59.2 Å². The normalized spacial score (nSPS) is 13.6. The first kappa shape index (κ1) is 22.2. The maximum atomic E-state index is 13.2. The highest BCUT2D eigenvalue weighted by Gasteiger charge is 2.27. The number of nitrogens with zero attached hydrogens (tertiary/aromatic N) is 1. The molecule has 0 fully saturated rings. The number of anilines is 1. The molecule has 2 amide bonds. The van der Waals surface area contributed by atoms with Crippen LogP contribution in [0.1, 0.15) is 18.1 Å². The van der Waals surface area contributed by atoms with E-state index in [4.69, 9.17) is 16.3 Å². The molecule has 5 nitrogen and oxygen atoms in total. The highest BCUT2D eigenvalue weighted by molar-refractivity contribution is 8.04. The number of ether oxygens (including phenoxy) is 1. The Bertz CT molecular complexity index is 944. The number of thioether (sulfide) groups is 1. The van der Waals surface area contributed by atoms with Crippen molar-refractivity contribution in [3.05, 3.63) is 75.3 Å². The minimum absolute atomic E-state index is 0.0778. The van der Waals surface area contributed by atoms with Crippen molar-refractivity contribution in [2.75, 3.05) is 30.3 Å². The summed E-state index contributed by atoms with van der Waals surface area (Å²) in [6.07, 6.45) is 0.737. The van der Waals surface area contributed by atoms with Crippen LogP contribution >= 0.6 is 23.4 Å². The molecule has 0 saturated heterocycles. The van der Waals surface area contributed by atoms with Crippen molar-refractivity contribution < 1.29 is 14.3 Å². The van der Waals surface area contributed by atoms with Crippen LogP contribution in [0.3, 0.4) is 0 Å². The smallest absolute Gasteiger partial charge is 0.268 e. The lowest BCUT2D eigenvalue weighted by molar-refractivity contribution is -0.122. The number of halogens is 1. The number of benzene rings is 2. The standard InChI is InChI=1S/C23H25ClN2O3S/c1-16-5-3-4-6-18(16)11-12-25-21(27)15-26(20-9-7-19(24)8-10-20)23(28)22-17(2)29-13-14-30-22/h3-10H,11-15H2,1-2H3,(H,25,27). The zero-order valence-electron chi connectivity index (χ0n) is 17.1. The van der Waals surface area contributed by atoms with Gasteiger partial charge in [0.2, 0.25) is 5.91 Å². The SMILES string of the molecule is CC1=C(C(=O)N(CC(=O)NCCc2ccccc2C)c2ccc(Cl)cc2)SCCO1. The van der Waals surface area contributed by atoms with E-state index in [9.17, 15) is 9.59 Å². The molecular formula is C23H25ClN2O3S. The van der Waals surface area contributed by atoms with Gasteiger partial charge in [-0.05, 0) is 55.7 Å². The molecule has 0 bridgehead atoms. The first-order valence-electron chi connectivity index (χ1n) is 9.81. The third kappa shape index (κ3) is 5.80. The summed E-state index contributed by atoms with van der Waals surface area (Å²) in [4.78, 5) is 27.9. The first-order valence-corrected chi connectivity index (χ1v) is 11.2. The van der Waals surface area contributed by atoms with Crippen LogP contribution in [0, 0.1) is 6.92 Å². The number of nitrogens with one attached hydrogen (secondary N) is 1. The Morgan fingerprint density at radius 2 is 1.87 bits per heavy atom. The fourth-order valence-corrected chi connectivity index (χ4v) is 4.16. The maximum Gasteiger partial charge on any atom is 0.268 e. The quantitative estimate of drug-likeness (QED) is 0.690. The lowest BCUT2D eigenvalue weighted by atomic mass is 10.1. The topological polar surface area (TPSA) is 58.6 Å². The van der Waals surface area contributed by atoms with E-state index < -0.39 is 0 Å². The lowest BCUT2D eigenvalue weighted by Gasteiger charge is -2.26. The summed E-state index contributed by atoms with van der Waals surface area (Å²) in [6.45, 7) is 4.84. The number of hydrogen-bond acceptors (Lipinski definition) is 4. The van der Waals surface area contributed by atoms with Crippen molar-refractivity contribution in [3.63, 3.8) is 0 Å². The molecular weight excluding hydrogens is 420 g/mol. The average Bonchev–Trinajstić information content (AvgIpc) is 2.74. The molecule has 2 aromatic carbocycles. The van der Waals surface area contributed by atoms with Gasteiger partial charge in [-0.1, -0.05) is 35.9 Å². The molecule has 3 rings (SSSR count). The number of aryl methyl sites for hydroxylation is 1. The third-order valence-corrected chi connectivity index (χ3v) is 6.20. The largest absolute Gasteiger partial charge is 0.496 e. The second kappa shape index (κ2) is 10.5. The number of allylic oxidation sites excluding steroid dienone is 1. The Kier molecular flexibility index (Phi) is 7.82. The zero-order chi connectivity index (χ0) is 21.5. The minimum Gasteiger partial charge on any atom is -0.496 e. The number of hydrogen-bond donors (Lipinski definition) is 1. The van der Waals surface area contributed by atoms with E-state index in [0.717, 1.165) is 6.42 Å². The van der Waals surface area contributed by atoms with Gasteiger partial charge < -0.3 is 10.1 Å². The summed E-state index contributed by atoms with van der Waals surface area (Å²) in [7, 11) is 0. The maximum absolute atomic E-state index is 13.2. The van der Waals surface area contributed by atoms with E-state index in [1.165, 1.54) is 27.8 Å². The van der Waals surface area contributed by atoms with Gasteiger partial charge in [0, 0.05) is 23.0 Å². The Morgan fingerprint density at radius 1 is 1.13 bits per heavy atom. The average molecular weight is 445 g/mol. The van der Waals surface area contributed by atoms with Crippen molar-refractivity contribution >= 4 is 40.9 Å². The molecule has 1 heterocycles. The molecule has 0 radical (unpaired) electrons. The molecule has 0 unspecified atom stereocenters. The molecule has 2 aromatic rings. The zero-order valence-corrected chi connectivity index (χ0v) is 18.7. The number of carbonyl (C=O) groups is 2. The second-order valence-electron chi connectivity index (χ2n) is 6.98. The predicted octanol–water partition coefficient (Wildman–Crippen LogP) is 4.34. The molecule has 0 spiro atoms. The van der Waals surface area contributed by atoms with Crippen molar-refractivity contribution in [2.45, 2.75) is 20.3 Å². The van der Waals surface area contributed by atoms with E-state index in [0.29, 0.717) is 40.3 Å². The van der Waals surface area contributed by atoms with Gasteiger partial charge in [-0.15, -0.1) is 11.8 Å². The van der Waals surface area contributed by atoms with E-state index in [2.05, 4.69) is 24.4 Å². The first-order chi connectivity index (χ1) is 14.5. The van der Waals surface area contributed by atoms with Crippen molar-refractivity contribution in [1.82, 2.24) is 5.32 Å². The number of rotatable bonds is 7. The molecule has 0 saturated carbocycles. The molecule has 158 valence electrons. The number of carbonyl (C=O) groups excluding carboxylic acids is 2. The van der Waals surface area contributed by atoms with Crippen molar-refractivity contribution in [2.24, 2.45) is 0 Å². The Labute approximate surface area is 186 Å². The molecule has 0 aliphatic carbocycles. The monoisotopic (exact) mass is 444 g/mol. The summed E-state index contributed by atoms with van der Waals surface area (Å²) in [5.41, 5.74) is 3.01. The van der Waals surface area contributed by atoms with Gasteiger partial charge in [-0.3, -0.25) is 14.5 Å². The van der Waals surface area contributed by atoms with E-state index >= 15 is 0 Å². The van der Waals surface area contributed by atoms with E-state index in [1.54, 1.807) is 31.2 Å². The summed E-state index contributed by atoms with van der Waals surface area (Å²) >= 11 is 7.45. The predicted molar refractivity (Wildman–Crippen MR) is 123 cm³/mol. The second-order valence-corrected chi connectivity index (χ2v) is 8.52. The number of amides is 2. The molecule has 1 aliphatic heterocycles. The summed E-state index contributed by atoms with van der Waals surface area (Å²) in [6, 6.07) is 15.0. The van der Waals surface area contributed by atoms with Gasteiger partial charge in [0.05, 0.1) is 6.61 Å². The Morgan fingerprint density at radius 3 is 2.57 bits per heavy atom. The van der Waals surface area contributed by atoms with Crippen LogP contribution in [0.2, 0.25) is 5.02 Å². The fraction of sp³-hybridized carbons (Fsp3) is 0.304. The van der Waals surface area contributed by atoms with Crippen LogP contribution in [0.5, 0.6) is 0 Å². The van der Waals surface area contributed by atoms with Gasteiger partial charge in [0.1, 0.15) is 17.2 Å². The summed E-state index contributed by atoms with van der Waals surface area (Å²) in [5, 5.41) is 3.50. The van der Waals surface area contributed by atoms with Gasteiger partial charge in [-0.2, -0.15) is 0 Å². The lowest BCUT2D eigenvalue weighted by Crippen LogP contribution is -2.42. The molecule has 7 heteroatoms. The van der Waals surface area contributed by atoms with Gasteiger partial charge in [-0.25, -0.2) is 0 Å². The van der Waals surface area contributed by atoms with Crippen LogP contribution in [-0.2, 0) is 20.7 Å². The van der Waals surface area contributed by atoms with Crippen LogP contribution in [0.4, 0.5) is 5.69 Å². The van der Waals surface area contributed by atoms with Gasteiger partial charge in [0.15, 0.2) is 0 Å². The Balaban J connectivity index is 1.70. The minimum atomic E-state index is -0.242. The van der Waals surface area contributed by atoms with Crippen LogP contribution < -0.4 is 10.2 Å². The van der Waals surface area contributed by atoms with Crippen molar-refractivity contribution in [1.29, 1.82) is 0 Å². The highest BCUT2D eigenvalue weighted by atomic mass is 35.5. The van der Waals surface area contributed by atoms with E-state index in [-0.39, 0.29) is 18.4 Å². The third-order valence-electron chi connectivity index (χ3n) is 4.83. The summed E-state index contributed by atoms with van der Waals surface area (Å²) < 4.78 is 5.54.